The molecule has 2 aromatic carbocycles. The fourth-order valence-electron chi connectivity index (χ4n) is 1.35. The van der Waals surface area contributed by atoms with Crippen LogP contribution in [0, 0.1) is 5.92 Å². The minimum absolute atomic E-state index is 0. The summed E-state index contributed by atoms with van der Waals surface area (Å²) in [7, 11) is 0. The Hall–Kier alpha value is -1.13. The molecule has 0 spiro atoms. The number of nitrogens with two attached hydrogens (primary N) is 2. The number of rotatable bonds is 2. The molecular formula is C16H25InN2O. The molecule has 0 aliphatic heterocycles. The van der Waals surface area contributed by atoms with Crippen molar-refractivity contribution in [3.05, 3.63) is 48.5 Å². The van der Waals surface area contributed by atoms with Crippen LogP contribution in [0.5, 0.6) is 0 Å². The first-order valence-electron chi connectivity index (χ1n) is 6.35. The van der Waals surface area contributed by atoms with Gasteiger partial charge in [0.15, 0.2) is 0 Å². The molecule has 2 rings (SSSR count). The summed E-state index contributed by atoms with van der Waals surface area (Å²) in [5.74, 6) is 0.440. The molecule has 0 fully saturated rings. The third-order valence-electron chi connectivity index (χ3n) is 2.52. The van der Waals surface area contributed by atoms with E-state index in [4.69, 9.17) is 16.6 Å². The van der Waals surface area contributed by atoms with Crippen LogP contribution in [0.15, 0.2) is 48.5 Å². The van der Waals surface area contributed by atoms with Crippen LogP contribution in [0.1, 0.15) is 13.8 Å². The summed E-state index contributed by atoms with van der Waals surface area (Å²) in [5.41, 5.74) is 15.1. The molecule has 0 aliphatic carbocycles. The number of benzene rings is 2. The van der Waals surface area contributed by atoms with E-state index in [0.29, 0.717) is 12.5 Å². The molecule has 0 heterocycles. The second-order valence-electron chi connectivity index (χ2n) is 4.82. The Morgan fingerprint density at radius 3 is 1.25 bits per heavy atom. The van der Waals surface area contributed by atoms with Crippen molar-refractivity contribution in [2.75, 3.05) is 18.1 Å². The van der Waals surface area contributed by atoms with Crippen molar-refractivity contribution in [2.45, 2.75) is 13.8 Å². The van der Waals surface area contributed by atoms with Gasteiger partial charge in [-0.25, -0.2) is 0 Å². The van der Waals surface area contributed by atoms with Crippen LogP contribution in [-0.2, 0) is 0 Å². The maximum absolute atomic E-state index is 8.14. The van der Waals surface area contributed by atoms with Crippen LogP contribution in [0.25, 0.3) is 11.1 Å². The van der Waals surface area contributed by atoms with Gasteiger partial charge >= 0.3 is 25.8 Å². The van der Waals surface area contributed by atoms with Gasteiger partial charge in [0.25, 0.3) is 0 Å². The van der Waals surface area contributed by atoms with Gasteiger partial charge in [-0.05, 0) is 41.3 Å². The average molecular weight is 376 g/mol. The van der Waals surface area contributed by atoms with E-state index < -0.39 is 0 Å². The molecule has 4 heteroatoms. The topological polar surface area (TPSA) is 72.3 Å². The number of nitrogen functional groups attached to an aromatic ring is 2. The van der Waals surface area contributed by atoms with Crippen LogP contribution in [0.4, 0.5) is 11.4 Å². The summed E-state index contributed by atoms with van der Waals surface area (Å²) >= 11 is 0. The predicted molar refractivity (Wildman–Crippen MR) is 92.6 cm³/mol. The molecule has 0 amide bonds. The number of anilines is 2. The second-order valence-corrected chi connectivity index (χ2v) is 4.82. The van der Waals surface area contributed by atoms with Crippen molar-refractivity contribution in [3.8, 4) is 11.1 Å². The van der Waals surface area contributed by atoms with E-state index in [1.807, 2.05) is 62.4 Å². The molecule has 108 valence electrons. The standard InChI is InChI=1S/C12H12N2.C4H10O.In.3H/c13-11-5-1-9(2-6-11)10-3-7-12(14)8-4-10;1-4(2)3-5;;;;/h1-8H,13-14H2;4-5H,3H2,1-2H3;;;;. The summed E-state index contributed by atoms with van der Waals surface area (Å²) < 4.78 is 0. The first-order chi connectivity index (χ1) is 9.02. The fourth-order valence-corrected chi connectivity index (χ4v) is 1.35. The van der Waals surface area contributed by atoms with Crippen molar-refractivity contribution in [1.82, 2.24) is 0 Å². The molecule has 0 unspecified atom stereocenters. The van der Waals surface area contributed by atoms with E-state index >= 15 is 0 Å². The molecule has 5 N–H and O–H groups in total. The molecule has 0 atom stereocenters. The molecule has 0 saturated heterocycles. The number of hydrogen-bond acceptors (Lipinski definition) is 3. The van der Waals surface area contributed by atoms with Crippen LogP contribution < -0.4 is 11.5 Å². The van der Waals surface area contributed by atoms with Crippen LogP contribution in [0.2, 0.25) is 0 Å². The SMILES string of the molecule is CC(C)CO.Nc1ccc(-c2ccc(N)cc2)cc1.[InH3]. The first kappa shape index (κ1) is 18.9. The van der Waals surface area contributed by atoms with Gasteiger partial charge in [-0.1, -0.05) is 38.1 Å². The zero-order chi connectivity index (χ0) is 14.3. The Balaban J connectivity index is 0.000000526. The summed E-state index contributed by atoms with van der Waals surface area (Å²) in [4.78, 5) is 0. The van der Waals surface area contributed by atoms with Gasteiger partial charge in [0.05, 0.1) is 0 Å². The third kappa shape index (κ3) is 6.87. The molecule has 0 radical (unpaired) electrons. The van der Waals surface area contributed by atoms with E-state index in [9.17, 15) is 0 Å². The van der Waals surface area contributed by atoms with Gasteiger partial charge in [0, 0.05) is 18.0 Å². The molecule has 3 nitrogen and oxygen atoms in total. The maximum atomic E-state index is 8.14. The van der Waals surface area contributed by atoms with Gasteiger partial charge in [0.2, 0.25) is 0 Å². The zero-order valence-corrected chi connectivity index (χ0v) is 11.5. The number of aliphatic hydroxyl groups excluding tert-OH is 1. The second kappa shape index (κ2) is 9.72. The molecule has 0 aromatic heterocycles. The van der Waals surface area contributed by atoms with Crippen LogP contribution in [-0.4, -0.2) is 37.6 Å². The van der Waals surface area contributed by atoms with Gasteiger partial charge in [-0.15, -0.1) is 0 Å². The molecule has 2 aromatic rings. The van der Waals surface area contributed by atoms with Crippen LogP contribution in [0.3, 0.4) is 0 Å². The third-order valence-corrected chi connectivity index (χ3v) is 2.52. The van der Waals surface area contributed by atoms with Crippen LogP contribution >= 0.6 is 0 Å². The molecule has 0 bridgehead atoms. The van der Waals surface area contributed by atoms with Crippen molar-refractivity contribution < 1.29 is 5.11 Å². The zero-order valence-electron chi connectivity index (χ0n) is 11.5. The Morgan fingerprint density at radius 2 is 1.05 bits per heavy atom. The van der Waals surface area contributed by atoms with Crippen molar-refractivity contribution in [2.24, 2.45) is 5.92 Å². The average Bonchev–Trinajstić information content (AvgIpc) is 2.41. The predicted octanol–water partition coefficient (Wildman–Crippen LogP) is 1.97. The Labute approximate surface area is 139 Å². The molecule has 0 aliphatic rings. The van der Waals surface area contributed by atoms with E-state index in [1.54, 1.807) is 0 Å². The normalized spacial score (nSPS) is 9.40. The molecule has 20 heavy (non-hydrogen) atoms. The Morgan fingerprint density at radius 1 is 0.800 bits per heavy atom. The van der Waals surface area contributed by atoms with E-state index in [-0.39, 0.29) is 25.8 Å². The van der Waals surface area contributed by atoms with Gasteiger partial charge in [0.1, 0.15) is 0 Å². The summed E-state index contributed by atoms with van der Waals surface area (Å²) in [6.07, 6.45) is 0. The van der Waals surface area contributed by atoms with Crippen molar-refractivity contribution >= 4 is 37.2 Å². The Bertz CT molecular complexity index is 437. The monoisotopic (exact) mass is 376 g/mol. The van der Waals surface area contributed by atoms with Crippen molar-refractivity contribution in [1.29, 1.82) is 0 Å². The summed E-state index contributed by atoms with van der Waals surface area (Å²) in [6.45, 7) is 4.25. The van der Waals surface area contributed by atoms with E-state index in [0.717, 1.165) is 22.5 Å². The number of aliphatic hydroxyl groups is 1. The minimum atomic E-state index is 0. The van der Waals surface area contributed by atoms with Gasteiger partial charge in [-0.2, -0.15) is 0 Å². The summed E-state index contributed by atoms with van der Waals surface area (Å²) in [6, 6.07) is 15.6. The first-order valence-corrected chi connectivity index (χ1v) is 6.35. The van der Waals surface area contributed by atoms with Gasteiger partial charge in [-0.3, -0.25) is 0 Å². The van der Waals surface area contributed by atoms with Crippen molar-refractivity contribution in [3.63, 3.8) is 0 Å². The van der Waals surface area contributed by atoms with Gasteiger partial charge < -0.3 is 16.6 Å². The fraction of sp³-hybridized carbons (Fsp3) is 0.250. The molecular weight excluding hydrogens is 351 g/mol. The molecule has 0 saturated carbocycles. The summed E-state index contributed by atoms with van der Waals surface area (Å²) in [5, 5.41) is 8.14. The van der Waals surface area contributed by atoms with E-state index in [1.165, 1.54) is 0 Å². The van der Waals surface area contributed by atoms with E-state index in [2.05, 4.69) is 0 Å². The quantitative estimate of drug-likeness (QED) is 0.702. The number of hydrogen-bond donors (Lipinski definition) is 3. The Kier molecular flexibility index (Phi) is 9.17.